The van der Waals surface area contributed by atoms with Gasteiger partial charge in [0.2, 0.25) is 5.88 Å². The molecule has 0 aliphatic heterocycles. The van der Waals surface area contributed by atoms with Gasteiger partial charge in [0.1, 0.15) is 16.4 Å². The van der Waals surface area contributed by atoms with Crippen molar-refractivity contribution in [2.75, 3.05) is 11.9 Å². The zero-order valence-corrected chi connectivity index (χ0v) is 14.9. The maximum absolute atomic E-state index is 10.0. The summed E-state index contributed by atoms with van der Waals surface area (Å²) in [6, 6.07) is 7.32. The molecule has 0 spiro atoms. The van der Waals surface area contributed by atoms with Crippen molar-refractivity contribution in [1.82, 2.24) is 9.69 Å². The molecule has 1 aliphatic rings. The van der Waals surface area contributed by atoms with Crippen LogP contribution in [0.3, 0.4) is 0 Å². The first kappa shape index (κ1) is 17.0. The first-order valence-corrected chi connectivity index (χ1v) is 9.32. The highest BCUT2D eigenvalue weighted by molar-refractivity contribution is 7.11. The standard InChI is InChI=1S/C17H21ClN4OS/c18-12-7-4-8-13(9-12)21-17-14(16(23)22-24-17)15(19)20-10-11-5-2-1-3-6-11/h4,7-9,11,21H,1-3,5-6,10H2,(H2,19,20)(H,22,23). The molecule has 1 aromatic heterocycles. The Balaban J connectivity index is 1.68. The summed E-state index contributed by atoms with van der Waals surface area (Å²) < 4.78 is 3.97. The molecule has 128 valence electrons. The molecule has 7 heteroatoms. The molecule has 0 radical (unpaired) electrons. The van der Waals surface area contributed by atoms with E-state index in [-0.39, 0.29) is 11.7 Å². The zero-order chi connectivity index (χ0) is 16.9. The minimum absolute atomic E-state index is 0.120. The van der Waals surface area contributed by atoms with Crippen LogP contribution in [0.1, 0.15) is 37.7 Å². The quantitative estimate of drug-likeness (QED) is 0.456. The Morgan fingerprint density at radius 1 is 1.33 bits per heavy atom. The van der Waals surface area contributed by atoms with Gasteiger partial charge in [-0.25, -0.2) is 0 Å². The van der Waals surface area contributed by atoms with E-state index in [1.54, 1.807) is 12.1 Å². The van der Waals surface area contributed by atoms with Crippen LogP contribution >= 0.6 is 23.1 Å². The largest absolute Gasteiger partial charge is 0.492 e. The minimum Gasteiger partial charge on any atom is -0.492 e. The summed E-state index contributed by atoms with van der Waals surface area (Å²) in [4.78, 5) is 0. The molecular formula is C17H21ClN4OS. The van der Waals surface area contributed by atoms with E-state index in [0.29, 0.717) is 21.5 Å². The van der Waals surface area contributed by atoms with E-state index in [2.05, 4.69) is 15.0 Å². The number of anilines is 2. The van der Waals surface area contributed by atoms with Gasteiger partial charge in [-0.15, -0.1) is 0 Å². The lowest BCUT2D eigenvalue weighted by Gasteiger charge is -2.22. The SMILES string of the molecule is N=C(NCC1CCCCC1)c1c(O)nsc1Nc1cccc(Cl)c1. The van der Waals surface area contributed by atoms with Crippen LogP contribution in [0.5, 0.6) is 5.88 Å². The van der Waals surface area contributed by atoms with E-state index in [0.717, 1.165) is 23.8 Å². The fourth-order valence-electron chi connectivity index (χ4n) is 3.02. The lowest BCUT2D eigenvalue weighted by atomic mass is 9.89. The van der Waals surface area contributed by atoms with Gasteiger partial charge < -0.3 is 15.7 Å². The maximum atomic E-state index is 10.0. The second kappa shape index (κ2) is 7.85. The Bertz CT molecular complexity index is 712. The summed E-state index contributed by atoms with van der Waals surface area (Å²) in [7, 11) is 0. The lowest BCUT2D eigenvalue weighted by Crippen LogP contribution is -2.30. The highest BCUT2D eigenvalue weighted by Gasteiger charge is 2.20. The summed E-state index contributed by atoms with van der Waals surface area (Å²) >= 11 is 7.13. The van der Waals surface area contributed by atoms with Gasteiger partial charge in [-0.3, -0.25) is 5.41 Å². The molecule has 5 nitrogen and oxygen atoms in total. The topological polar surface area (TPSA) is 81.0 Å². The summed E-state index contributed by atoms with van der Waals surface area (Å²) in [5.41, 5.74) is 1.21. The number of hydrogen-bond acceptors (Lipinski definition) is 5. The Kier molecular flexibility index (Phi) is 5.58. The van der Waals surface area contributed by atoms with Crippen LogP contribution in [0.15, 0.2) is 24.3 Å². The Morgan fingerprint density at radius 2 is 2.12 bits per heavy atom. The second-order valence-electron chi connectivity index (χ2n) is 6.11. The van der Waals surface area contributed by atoms with Crippen molar-refractivity contribution in [3.63, 3.8) is 0 Å². The Labute approximate surface area is 150 Å². The number of amidine groups is 1. The van der Waals surface area contributed by atoms with E-state index in [1.807, 2.05) is 12.1 Å². The van der Waals surface area contributed by atoms with Crippen molar-refractivity contribution < 1.29 is 5.11 Å². The molecule has 1 heterocycles. The maximum Gasteiger partial charge on any atom is 0.236 e. The van der Waals surface area contributed by atoms with Gasteiger partial charge in [0.05, 0.1) is 0 Å². The van der Waals surface area contributed by atoms with E-state index in [9.17, 15) is 5.11 Å². The molecular weight excluding hydrogens is 344 g/mol. The fraction of sp³-hybridized carbons (Fsp3) is 0.412. The number of halogens is 1. The van der Waals surface area contributed by atoms with Gasteiger partial charge in [0.25, 0.3) is 0 Å². The molecule has 2 aromatic rings. The molecule has 3 rings (SSSR count). The van der Waals surface area contributed by atoms with Crippen LogP contribution in [0, 0.1) is 11.3 Å². The average molecular weight is 365 g/mol. The van der Waals surface area contributed by atoms with Gasteiger partial charge in [-0.1, -0.05) is 36.9 Å². The minimum atomic E-state index is -0.120. The molecule has 0 bridgehead atoms. The van der Waals surface area contributed by atoms with Crippen molar-refractivity contribution in [1.29, 1.82) is 5.41 Å². The van der Waals surface area contributed by atoms with Gasteiger partial charge in [-0.05, 0) is 48.5 Å². The zero-order valence-electron chi connectivity index (χ0n) is 13.3. The molecule has 0 unspecified atom stereocenters. The number of nitrogens with zero attached hydrogens (tertiary/aromatic N) is 1. The molecule has 1 fully saturated rings. The molecule has 0 atom stereocenters. The normalized spacial score (nSPS) is 15.2. The van der Waals surface area contributed by atoms with Crippen LogP contribution in [0.25, 0.3) is 0 Å². The van der Waals surface area contributed by atoms with Crippen molar-refractivity contribution in [3.8, 4) is 5.88 Å². The third kappa shape index (κ3) is 4.19. The van der Waals surface area contributed by atoms with Crippen LogP contribution in [0.4, 0.5) is 10.7 Å². The van der Waals surface area contributed by atoms with Gasteiger partial charge >= 0.3 is 0 Å². The average Bonchev–Trinajstić information content (AvgIpc) is 2.94. The van der Waals surface area contributed by atoms with E-state index in [1.165, 1.54) is 32.1 Å². The van der Waals surface area contributed by atoms with E-state index < -0.39 is 0 Å². The number of aromatic nitrogens is 1. The number of hydrogen-bond donors (Lipinski definition) is 4. The monoisotopic (exact) mass is 364 g/mol. The van der Waals surface area contributed by atoms with Crippen LogP contribution in [-0.2, 0) is 0 Å². The number of nitrogens with one attached hydrogen (secondary N) is 3. The third-order valence-electron chi connectivity index (χ3n) is 4.30. The number of rotatable bonds is 5. The summed E-state index contributed by atoms with van der Waals surface area (Å²) in [5, 5.41) is 25.9. The number of benzene rings is 1. The van der Waals surface area contributed by atoms with E-state index >= 15 is 0 Å². The van der Waals surface area contributed by atoms with Gasteiger partial charge in [0.15, 0.2) is 0 Å². The molecule has 24 heavy (non-hydrogen) atoms. The lowest BCUT2D eigenvalue weighted by molar-refractivity contribution is 0.356. The van der Waals surface area contributed by atoms with Crippen molar-refractivity contribution in [2.24, 2.45) is 5.92 Å². The predicted octanol–water partition coefficient (Wildman–Crippen LogP) is 4.74. The number of aromatic hydroxyl groups is 1. The first-order chi connectivity index (χ1) is 11.6. The Morgan fingerprint density at radius 3 is 2.88 bits per heavy atom. The van der Waals surface area contributed by atoms with Crippen LogP contribution < -0.4 is 10.6 Å². The van der Waals surface area contributed by atoms with Crippen molar-refractivity contribution in [3.05, 3.63) is 34.9 Å². The highest BCUT2D eigenvalue weighted by atomic mass is 35.5. The van der Waals surface area contributed by atoms with Crippen LogP contribution in [-0.4, -0.2) is 21.9 Å². The van der Waals surface area contributed by atoms with Gasteiger partial charge in [-0.2, -0.15) is 4.37 Å². The molecule has 0 amide bonds. The highest BCUT2D eigenvalue weighted by Crippen LogP contribution is 2.33. The molecule has 0 saturated heterocycles. The fourth-order valence-corrected chi connectivity index (χ4v) is 3.92. The second-order valence-corrected chi connectivity index (χ2v) is 7.32. The summed E-state index contributed by atoms with van der Waals surface area (Å²) in [5.74, 6) is 0.694. The van der Waals surface area contributed by atoms with Crippen molar-refractivity contribution >= 4 is 39.7 Å². The smallest absolute Gasteiger partial charge is 0.236 e. The third-order valence-corrected chi connectivity index (χ3v) is 5.29. The predicted molar refractivity (Wildman–Crippen MR) is 99.9 cm³/mol. The first-order valence-electron chi connectivity index (χ1n) is 8.17. The van der Waals surface area contributed by atoms with Crippen molar-refractivity contribution in [2.45, 2.75) is 32.1 Å². The molecule has 1 aromatic carbocycles. The van der Waals surface area contributed by atoms with Gasteiger partial charge in [0, 0.05) is 17.3 Å². The molecule has 1 aliphatic carbocycles. The van der Waals surface area contributed by atoms with E-state index in [4.69, 9.17) is 17.0 Å². The molecule has 1 saturated carbocycles. The summed E-state index contributed by atoms with van der Waals surface area (Å²) in [6.07, 6.45) is 6.28. The van der Waals surface area contributed by atoms with Crippen LogP contribution in [0.2, 0.25) is 5.02 Å². The summed E-state index contributed by atoms with van der Waals surface area (Å²) in [6.45, 7) is 0.769. The Hall–Kier alpha value is -1.79. The molecule has 4 N–H and O–H groups in total.